The Morgan fingerprint density at radius 1 is 0.944 bits per heavy atom. The van der Waals surface area contributed by atoms with Crippen LogP contribution in [0.15, 0.2) is 78.4 Å². The zero-order chi connectivity index (χ0) is 25.2. The van der Waals surface area contributed by atoms with Gasteiger partial charge in [-0.2, -0.15) is 0 Å². The molecule has 1 amide bonds. The van der Waals surface area contributed by atoms with Crippen molar-refractivity contribution in [2.45, 2.75) is 12.5 Å². The highest BCUT2D eigenvalue weighted by atomic mass is 16.6. The molecule has 1 atom stereocenters. The number of likely N-dealkylation sites (tertiary alicyclic amines) is 1. The average Bonchev–Trinajstić information content (AvgIpc) is 3.16. The topological polar surface area (TPSA) is 79.3 Å². The Morgan fingerprint density at radius 3 is 2.33 bits per heavy atom. The summed E-state index contributed by atoms with van der Waals surface area (Å²) in [7, 11) is 3.89. The molecule has 0 aromatic heterocycles. The monoisotopic (exact) mass is 484 g/mol. The van der Waals surface area contributed by atoms with Crippen molar-refractivity contribution in [2.75, 3.05) is 38.8 Å². The lowest BCUT2D eigenvalue weighted by Crippen LogP contribution is -2.31. The van der Waals surface area contributed by atoms with E-state index in [1.165, 1.54) is 0 Å². The van der Waals surface area contributed by atoms with Gasteiger partial charge in [0.25, 0.3) is 11.7 Å². The predicted molar refractivity (Wildman–Crippen MR) is 137 cm³/mol. The highest BCUT2D eigenvalue weighted by Gasteiger charge is 2.45. The second kappa shape index (κ2) is 9.77. The molecule has 5 rings (SSSR count). The summed E-state index contributed by atoms with van der Waals surface area (Å²) in [5, 5.41) is 11.4. The first-order valence-electron chi connectivity index (χ1n) is 11.9. The molecular weight excluding hydrogens is 456 g/mol. The third-order valence-corrected chi connectivity index (χ3v) is 6.57. The summed E-state index contributed by atoms with van der Waals surface area (Å²) >= 11 is 0. The highest BCUT2D eigenvalue weighted by molar-refractivity contribution is 6.46. The van der Waals surface area contributed by atoms with Gasteiger partial charge < -0.3 is 24.4 Å². The van der Waals surface area contributed by atoms with Gasteiger partial charge in [-0.3, -0.25) is 9.59 Å². The number of amides is 1. The molecule has 7 heteroatoms. The van der Waals surface area contributed by atoms with E-state index in [2.05, 4.69) is 0 Å². The molecule has 1 N–H and O–H groups in total. The van der Waals surface area contributed by atoms with Crippen LogP contribution in [0.2, 0.25) is 0 Å². The van der Waals surface area contributed by atoms with E-state index in [9.17, 15) is 14.7 Å². The van der Waals surface area contributed by atoms with Crippen molar-refractivity contribution in [3.05, 3.63) is 95.1 Å². The molecule has 0 unspecified atom stereocenters. The lowest BCUT2D eigenvalue weighted by molar-refractivity contribution is -0.139. The fraction of sp³-hybridized carbons (Fsp3) is 0.241. The predicted octanol–water partition coefficient (Wildman–Crippen LogP) is 4.19. The summed E-state index contributed by atoms with van der Waals surface area (Å²) < 4.78 is 11.2. The van der Waals surface area contributed by atoms with E-state index < -0.39 is 17.7 Å². The molecule has 2 heterocycles. The van der Waals surface area contributed by atoms with E-state index in [4.69, 9.17) is 9.47 Å². The van der Waals surface area contributed by atoms with Crippen molar-refractivity contribution in [3.63, 3.8) is 0 Å². The van der Waals surface area contributed by atoms with Crippen LogP contribution in [0, 0.1) is 0 Å². The van der Waals surface area contributed by atoms with Crippen LogP contribution >= 0.6 is 0 Å². The molecule has 1 fully saturated rings. The number of carbonyl (C=O) groups is 2. The Morgan fingerprint density at radius 2 is 1.64 bits per heavy atom. The van der Waals surface area contributed by atoms with Gasteiger partial charge in [-0.25, -0.2) is 0 Å². The van der Waals surface area contributed by atoms with Crippen LogP contribution in [0.5, 0.6) is 11.5 Å². The van der Waals surface area contributed by atoms with Gasteiger partial charge in [0.2, 0.25) is 0 Å². The first-order chi connectivity index (χ1) is 17.4. The minimum absolute atomic E-state index is 0.0716. The van der Waals surface area contributed by atoms with E-state index >= 15 is 0 Å². The first-order valence-corrected chi connectivity index (χ1v) is 11.9. The maximum Gasteiger partial charge on any atom is 0.295 e. The third-order valence-electron chi connectivity index (χ3n) is 6.57. The molecule has 0 spiro atoms. The Balaban J connectivity index is 1.57. The van der Waals surface area contributed by atoms with Gasteiger partial charge in [0.1, 0.15) is 19.0 Å². The molecule has 0 radical (unpaired) electrons. The van der Waals surface area contributed by atoms with Gasteiger partial charge in [-0.05, 0) is 47.9 Å². The minimum atomic E-state index is -0.710. The molecule has 1 saturated heterocycles. The third kappa shape index (κ3) is 4.40. The second-order valence-corrected chi connectivity index (χ2v) is 9.07. The van der Waals surface area contributed by atoms with Crippen molar-refractivity contribution in [2.24, 2.45) is 0 Å². The molecule has 7 nitrogen and oxygen atoms in total. The van der Waals surface area contributed by atoms with E-state index in [0.717, 1.165) is 16.8 Å². The molecule has 36 heavy (non-hydrogen) atoms. The van der Waals surface area contributed by atoms with Gasteiger partial charge in [0.15, 0.2) is 11.5 Å². The minimum Gasteiger partial charge on any atom is -0.507 e. The maximum absolute atomic E-state index is 13.3. The molecule has 0 saturated carbocycles. The molecular formula is C29H28N2O5. The number of rotatable bonds is 6. The van der Waals surface area contributed by atoms with Crippen LogP contribution in [0.1, 0.15) is 22.7 Å². The quantitative estimate of drug-likeness (QED) is 0.321. The zero-order valence-electron chi connectivity index (χ0n) is 20.3. The van der Waals surface area contributed by atoms with Crippen molar-refractivity contribution in [3.8, 4) is 11.5 Å². The number of fused-ring (bicyclic) bond motifs is 1. The number of ether oxygens (including phenoxy) is 2. The van der Waals surface area contributed by atoms with Crippen LogP contribution in [-0.2, 0) is 16.0 Å². The van der Waals surface area contributed by atoms with Crippen molar-refractivity contribution < 1.29 is 24.2 Å². The molecule has 0 aliphatic carbocycles. The van der Waals surface area contributed by atoms with Gasteiger partial charge >= 0.3 is 0 Å². The number of aliphatic hydroxyl groups excluding tert-OH is 1. The van der Waals surface area contributed by atoms with Crippen LogP contribution in [0.4, 0.5) is 5.69 Å². The number of aliphatic hydroxyl groups is 1. The Hall–Kier alpha value is -4.26. The summed E-state index contributed by atoms with van der Waals surface area (Å²) in [6.07, 6.45) is 0.588. The number of benzene rings is 3. The van der Waals surface area contributed by atoms with Crippen molar-refractivity contribution in [1.82, 2.24) is 4.90 Å². The van der Waals surface area contributed by atoms with Crippen molar-refractivity contribution >= 4 is 23.1 Å². The molecule has 2 aliphatic rings. The Labute approximate surface area is 210 Å². The largest absolute Gasteiger partial charge is 0.507 e. The molecule has 184 valence electrons. The summed E-state index contributed by atoms with van der Waals surface area (Å²) in [6, 6.07) is 21.8. The smallest absolute Gasteiger partial charge is 0.295 e. The Kier molecular flexibility index (Phi) is 6.38. The average molecular weight is 485 g/mol. The van der Waals surface area contributed by atoms with E-state index in [1.807, 2.05) is 73.6 Å². The summed E-state index contributed by atoms with van der Waals surface area (Å²) in [4.78, 5) is 30.1. The first kappa shape index (κ1) is 23.5. The summed E-state index contributed by atoms with van der Waals surface area (Å²) in [6.45, 7) is 1.19. The lowest BCUT2D eigenvalue weighted by Gasteiger charge is -2.26. The fourth-order valence-corrected chi connectivity index (χ4v) is 4.65. The summed E-state index contributed by atoms with van der Waals surface area (Å²) in [5.74, 6) is -0.467. The Bertz CT molecular complexity index is 1320. The van der Waals surface area contributed by atoms with Crippen molar-refractivity contribution in [1.29, 1.82) is 0 Å². The number of Topliss-reactive ketones (excluding diaryl/α,β-unsaturated/α-hetero) is 1. The van der Waals surface area contributed by atoms with Crippen LogP contribution < -0.4 is 14.4 Å². The zero-order valence-corrected chi connectivity index (χ0v) is 20.3. The van der Waals surface area contributed by atoms with Crippen LogP contribution in [0.25, 0.3) is 5.76 Å². The maximum atomic E-state index is 13.3. The molecule has 3 aromatic rings. The van der Waals surface area contributed by atoms with Gasteiger partial charge in [0.05, 0.1) is 11.6 Å². The standard InChI is InChI=1S/C29H28N2O5/c1-30(2)22-11-8-20(9-12-22)26-25(27(32)21-10-13-23-24(18-21)36-17-16-35-23)28(33)29(34)31(26)15-14-19-6-4-3-5-7-19/h3-13,18,26,32H,14-17H2,1-2H3/b27-25+/t26-/m0/s1. The highest BCUT2D eigenvalue weighted by Crippen LogP contribution is 2.41. The normalized spacial score (nSPS) is 18.4. The summed E-state index contributed by atoms with van der Waals surface area (Å²) in [5.41, 5.74) is 3.28. The number of nitrogens with zero attached hydrogens (tertiary/aromatic N) is 2. The van der Waals surface area contributed by atoms with Gasteiger partial charge in [0, 0.05) is 31.9 Å². The van der Waals surface area contributed by atoms with Gasteiger partial charge in [-0.15, -0.1) is 0 Å². The van der Waals surface area contributed by atoms with E-state index in [1.54, 1.807) is 23.1 Å². The fourth-order valence-electron chi connectivity index (χ4n) is 4.65. The number of anilines is 1. The van der Waals surface area contributed by atoms with E-state index in [-0.39, 0.29) is 11.3 Å². The molecule has 2 aliphatic heterocycles. The second-order valence-electron chi connectivity index (χ2n) is 9.07. The number of ketones is 1. The SMILES string of the molecule is CN(C)c1ccc([C@H]2/C(=C(\O)c3ccc4c(c3)OCCO4)C(=O)C(=O)N2CCc2ccccc2)cc1. The van der Waals surface area contributed by atoms with Crippen LogP contribution in [-0.4, -0.2) is 55.6 Å². The number of hydrogen-bond acceptors (Lipinski definition) is 6. The molecule has 0 bridgehead atoms. The van der Waals surface area contributed by atoms with Crippen LogP contribution in [0.3, 0.4) is 0 Å². The van der Waals surface area contributed by atoms with Gasteiger partial charge in [-0.1, -0.05) is 42.5 Å². The number of carbonyl (C=O) groups excluding carboxylic acids is 2. The van der Waals surface area contributed by atoms with E-state index in [0.29, 0.717) is 43.2 Å². The number of hydrogen-bond donors (Lipinski definition) is 1. The lowest BCUT2D eigenvalue weighted by atomic mass is 9.94. The molecule has 3 aromatic carbocycles.